The van der Waals surface area contributed by atoms with Crippen LogP contribution in [-0.4, -0.2) is 25.3 Å². The van der Waals surface area contributed by atoms with Gasteiger partial charge in [-0.25, -0.2) is 0 Å². The zero-order valence-electron chi connectivity index (χ0n) is 9.01. The summed E-state index contributed by atoms with van der Waals surface area (Å²) in [6, 6.07) is 0.713. The van der Waals surface area contributed by atoms with E-state index >= 15 is 0 Å². The van der Waals surface area contributed by atoms with Crippen LogP contribution in [0.1, 0.15) is 46.0 Å². The lowest BCUT2D eigenvalue weighted by molar-refractivity contribution is 0.0000182. The van der Waals surface area contributed by atoms with Crippen LogP contribution < -0.4 is 5.32 Å². The van der Waals surface area contributed by atoms with Crippen molar-refractivity contribution in [2.45, 2.75) is 58.1 Å². The van der Waals surface area contributed by atoms with Crippen LogP contribution in [0.2, 0.25) is 0 Å². The topological polar surface area (TPSA) is 21.3 Å². The molecular weight excluding hydrogens is 162 g/mol. The Morgan fingerprint density at radius 2 is 2.23 bits per heavy atom. The fraction of sp³-hybridized carbons (Fsp3) is 1.00. The highest BCUT2D eigenvalue weighted by molar-refractivity contribution is 4.75. The van der Waals surface area contributed by atoms with Gasteiger partial charge in [-0.3, -0.25) is 0 Å². The molecule has 1 saturated heterocycles. The van der Waals surface area contributed by atoms with Crippen LogP contribution in [0.25, 0.3) is 0 Å². The van der Waals surface area contributed by atoms with Crippen LogP contribution in [0.5, 0.6) is 0 Å². The van der Waals surface area contributed by atoms with Gasteiger partial charge in [-0.2, -0.15) is 0 Å². The fourth-order valence-corrected chi connectivity index (χ4v) is 1.83. The fourth-order valence-electron chi connectivity index (χ4n) is 1.83. The molecule has 0 aromatic carbocycles. The molecular formula is C11H23NO. The van der Waals surface area contributed by atoms with E-state index in [0.29, 0.717) is 12.1 Å². The number of hydrogen-bond donors (Lipinski definition) is 1. The van der Waals surface area contributed by atoms with E-state index in [0.717, 1.165) is 13.0 Å². The molecule has 0 saturated carbocycles. The number of hydrogen-bond acceptors (Lipinski definition) is 2. The third-order valence-electron chi connectivity index (χ3n) is 2.79. The summed E-state index contributed by atoms with van der Waals surface area (Å²) in [7, 11) is 0. The third-order valence-corrected chi connectivity index (χ3v) is 2.79. The van der Waals surface area contributed by atoms with Gasteiger partial charge in [0.25, 0.3) is 0 Å². The molecule has 0 amide bonds. The quantitative estimate of drug-likeness (QED) is 0.664. The molecule has 0 radical (unpaired) electrons. The Bertz CT molecular complexity index is 127. The smallest absolute Gasteiger partial charge is 0.0587 e. The maximum Gasteiger partial charge on any atom is 0.0587 e. The monoisotopic (exact) mass is 185 g/mol. The number of unbranched alkanes of at least 4 members (excludes halogenated alkanes) is 1. The predicted octanol–water partition coefficient (Wildman–Crippen LogP) is 2.33. The summed E-state index contributed by atoms with van der Waals surface area (Å²) in [5, 5.41) is 3.61. The lowest BCUT2D eigenvalue weighted by atomic mass is 10.0. The lowest BCUT2D eigenvalue weighted by Crippen LogP contribution is -2.39. The third kappa shape index (κ3) is 4.10. The first-order chi connectivity index (χ1) is 6.36. The summed E-state index contributed by atoms with van der Waals surface area (Å²) < 4.78 is 5.62. The Morgan fingerprint density at radius 3 is 2.92 bits per heavy atom. The first-order valence-corrected chi connectivity index (χ1v) is 5.71. The lowest BCUT2D eigenvalue weighted by Gasteiger charge is -2.29. The number of ether oxygens (including phenoxy) is 1. The van der Waals surface area contributed by atoms with Crippen molar-refractivity contribution in [3.63, 3.8) is 0 Å². The molecule has 2 atom stereocenters. The highest BCUT2D eigenvalue weighted by atomic mass is 16.5. The van der Waals surface area contributed by atoms with E-state index in [1.54, 1.807) is 0 Å². The maximum atomic E-state index is 5.62. The Labute approximate surface area is 82.0 Å². The van der Waals surface area contributed by atoms with Gasteiger partial charge >= 0.3 is 0 Å². The molecule has 0 bridgehead atoms. The second-order valence-electron chi connectivity index (χ2n) is 3.93. The van der Waals surface area contributed by atoms with Crippen LogP contribution in [0.4, 0.5) is 0 Å². The molecule has 0 spiro atoms. The standard InChI is InChI=1S/C11H23NO/c1-3-5-7-12-10-6-8-13-11(4-2)9-10/h10-12H,3-9H2,1-2H3. The molecule has 1 fully saturated rings. The average molecular weight is 185 g/mol. The Kier molecular flexibility index (Phi) is 5.40. The summed E-state index contributed by atoms with van der Waals surface area (Å²) >= 11 is 0. The summed E-state index contributed by atoms with van der Waals surface area (Å²) in [6.45, 7) is 6.57. The van der Waals surface area contributed by atoms with E-state index in [9.17, 15) is 0 Å². The minimum absolute atomic E-state index is 0.507. The molecule has 1 aliphatic heterocycles. The summed E-state index contributed by atoms with van der Waals surface area (Å²) in [4.78, 5) is 0. The van der Waals surface area contributed by atoms with Gasteiger partial charge in [-0.1, -0.05) is 20.3 Å². The van der Waals surface area contributed by atoms with Crippen LogP contribution >= 0.6 is 0 Å². The van der Waals surface area contributed by atoms with Gasteiger partial charge in [0.05, 0.1) is 6.10 Å². The number of nitrogens with one attached hydrogen (secondary N) is 1. The molecule has 1 heterocycles. The van der Waals surface area contributed by atoms with E-state index < -0.39 is 0 Å². The Morgan fingerprint density at radius 1 is 1.38 bits per heavy atom. The molecule has 2 unspecified atom stereocenters. The summed E-state index contributed by atoms with van der Waals surface area (Å²) in [5.74, 6) is 0. The van der Waals surface area contributed by atoms with Crippen molar-refractivity contribution < 1.29 is 4.74 Å². The molecule has 2 heteroatoms. The van der Waals surface area contributed by atoms with E-state index in [4.69, 9.17) is 4.74 Å². The predicted molar refractivity (Wildman–Crippen MR) is 56.0 cm³/mol. The molecule has 0 aromatic rings. The first-order valence-electron chi connectivity index (χ1n) is 5.71. The van der Waals surface area contributed by atoms with E-state index in [1.807, 2.05) is 0 Å². The maximum absolute atomic E-state index is 5.62. The second-order valence-corrected chi connectivity index (χ2v) is 3.93. The summed E-state index contributed by atoms with van der Waals surface area (Å²) in [5.41, 5.74) is 0. The van der Waals surface area contributed by atoms with Crippen LogP contribution in [0.15, 0.2) is 0 Å². The summed E-state index contributed by atoms with van der Waals surface area (Å²) in [6.07, 6.45) is 6.65. The zero-order chi connectivity index (χ0) is 9.52. The van der Waals surface area contributed by atoms with Gasteiger partial charge in [0.1, 0.15) is 0 Å². The van der Waals surface area contributed by atoms with Crippen molar-refractivity contribution in [2.24, 2.45) is 0 Å². The molecule has 1 N–H and O–H groups in total. The van der Waals surface area contributed by atoms with Crippen molar-refractivity contribution >= 4 is 0 Å². The molecule has 78 valence electrons. The minimum Gasteiger partial charge on any atom is -0.378 e. The molecule has 13 heavy (non-hydrogen) atoms. The molecule has 1 aliphatic rings. The Hall–Kier alpha value is -0.0800. The van der Waals surface area contributed by atoms with Gasteiger partial charge in [-0.15, -0.1) is 0 Å². The normalized spacial score (nSPS) is 29.1. The largest absolute Gasteiger partial charge is 0.378 e. The van der Waals surface area contributed by atoms with Gasteiger partial charge in [0.15, 0.2) is 0 Å². The van der Waals surface area contributed by atoms with Gasteiger partial charge in [0, 0.05) is 12.6 Å². The van der Waals surface area contributed by atoms with Crippen molar-refractivity contribution in [2.75, 3.05) is 13.2 Å². The molecule has 0 aromatic heterocycles. The van der Waals surface area contributed by atoms with Crippen LogP contribution in [0, 0.1) is 0 Å². The zero-order valence-corrected chi connectivity index (χ0v) is 9.01. The molecule has 0 aliphatic carbocycles. The Balaban J connectivity index is 2.11. The van der Waals surface area contributed by atoms with Crippen molar-refractivity contribution in [1.29, 1.82) is 0 Å². The van der Waals surface area contributed by atoms with Crippen molar-refractivity contribution in [3.05, 3.63) is 0 Å². The molecule has 1 rings (SSSR count). The van der Waals surface area contributed by atoms with Crippen LogP contribution in [-0.2, 0) is 4.74 Å². The minimum atomic E-state index is 0.507. The van der Waals surface area contributed by atoms with Gasteiger partial charge in [0.2, 0.25) is 0 Å². The van der Waals surface area contributed by atoms with E-state index in [2.05, 4.69) is 19.2 Å². The average Bonchev–Trinajstić information content (AvgIpc) is 2.19. The second kappa shape index (κ2) is 6.39. The first kappa shape index (κ1) is 11.0. The number of rotatable bonds is 5. The molecule has 2 nitrogen and oxygen atoms in total. The van der Waals surface area contributed by atoms with Gasteiger partial charge < -0.3 is 10.1 Å². The SMILES string of the molecule is CCCCNC1CCOC(CC)C1. The van der Waals surface area contributed by atoms with Gasteiger partial charge in [-0.05, 0) is 32.2 Å². The highest BCUT2D eigenvalue weighted by Gasteiger charge is 2.20. The highest BCUT2D eigenvalue weighted by Crippen LogP contribution is 2.16. The van der Waals surface area contributed by atoms with Crippen LogP contribution in [0.3, 0.4) is 0 Å². The van der Waals surface area contributed by atoms with Crippen molar-refractivity contribution in [3.8, 4) is 0 Å². The van der Waals surface area contributed by atoms with E-state index in [1.165, 1.54) is 32.2 Å². The van der Waals surface area contributed by atoms with Crippen molar-refractivity contribution in [1.82, 2.24) is 5.32 Å². The van der Waals surface area contributed by atoms with E-state index in [-0.39, 0.29) is 0 Å².